The van der Waals surface area contributed by atoms with E-state index in [2.05, 4.69) is 15.3 Å². The third-order valence-electron chi connectivity index (χ3n) is 5.07. The molecule has 10 nitrogen and oxygen atoms in total. The molecule has 3 aromatic heterocycles. The quantitative estimate of drug-likeness (QED) is 0.434. The number of unbranched alkanes of at least 4 members (excludes halogenated alkanes) is 1. The Morgan fingerprint density at radius 3 is 2.71 bits per heavy atom. The summed E-state index contributed by atoms with van der Waals surface area (Å²) >= 11 is 0. The van der Waals surface area contributed by atoms with Crippen molar-refractivity contribution in [3.8, 4) is 0 Å². The second-order valence-electron chi connectivity index (χ2n) is 7.35. The van der Waals surface area contributed by atoms with Gasteiger partial charge in [0.2, 0.25) is 5.78 Å². The van der Waals surface area contributed by atoms with Crippen LogP contribution in [-0.2, 0) is 24.9 Å². The van der Waals surface area contributed by atoms with Crippen LogP contribution in [-0.4, -0.2) is 34.9 Å². The Balaban J connectivity index is 1.66. The molecule has 0 saturated heterocycles. The summed E-state index contributed by atoms with van der Waals surface area (Å²) in [4.78, 5) is 37.1. The van der Waals surface area contributed by atoms with Crippen molar-refractivity contribution < 1.29 is 9.53 Å². The largest absolute Gasteiger partial charge is 0.453 e. The van der Waals surface area contributed by atoms with E-state index in [0.717, 1.165) is 18.4 Å². The van der Waals surface area contributed by atoms with Crippen LogP contribution in [0.4, 0.5) is 0 Å². The second-order valence-corrected chi connectivity index (χ2v) is 7.35. The van der Waals surface area contributed by atoms with E-state index >= 15 is 0 Å². The highest BCUT2D eigenvalue weighted by Gasteiger charge is 2.17. The molecule has 0 fully saturated rings. The zero-order chi connectivity index (χ0) is 22.1. The number of hydrogen-bond acceptors (Lipinski definition) is 7. The lowest BCUT2D eigenvalue weighted by atomic mass is 10.1. The van der Waals surface area contributed by atoms with Gasteiger partial charge in [-0.15, -0.1) is 10.2 Å². The predicted octanol–water partition coefficient (Wildman–Crippen LogP) is 1.60. The molecule has 0 aliphatic heterocycles. The molecule has 0 spiro atoms. The van der Waals surface area contributed by atoms with Crippen LogP contribution in [0.2, 0.25) is 0 Å². The molecule has 4 rings (SSSR count). The van der Waals surface area contributed by atoms with Crippen molar-refractivity contribution in [1.82, 2.24) is 28.9 Å². The van der Waals surface area contributed by atoms with E-state index in [1.165, 1.54) is 21.4 Å². The molecule has 0 bridgehead atoms. The first-order valence-electron chi connectivity index (χ1n) is 9.99. The summed E-state index contributed by atoms with van der Waals surface area (Å²) < 4.78 is 9.76. The number of nitrogens with zero attached hydrogens (tertiary/aromatic N) is 6. The first-order valence-corrected chi connectivity index (χ1v) is 9.99. The van der Waals surface area contributed by atoms with Crippen LogP contribution in [0, 0.1) is 6.92 Å². The maximum Gasteiger partial charge on any atom is 0.359 e. The van der Waals surface area contributed by atoms with Crippen molar-refractivity contribution in [2.24, 2.45) is 7.05 Å². The monoisotopic (exact) mass is 422 g/mol. The minimum atomic E-state index is -0.674. The van der Waals surface area contributed by atoms with E-state index in [-0.39, 0.29) is 23.4 Å². The van der Waals surface area contributed by atoms with Crippen molar-refractivity contribution in [1.29, 1.82) is 0 Å². The highest BCUT2D eigenvalue weighted by atomic mass is 16.5. The van der Waals surface area contributed by atoms with Crippen LogP contribution in [0.5, 0.6) is 0 Å². The number of carbonyl (C=O) groups excluding carboxylic acids is 1. The molecule has 0 radical (unpaired) electrons. The molecule has 0 aliphatic rings. The van der Waals surface area contributed by atoms with Gasteiger partial charge in [-0.3, -0.25) is 18.6 Å². The summed E-state index contributed by atoms with van der Waals surface area (Å²) in [7, 11) is 1.62. The fraction of sp³-hybridized carbons (Fsp3) is 0.333. The summed E-state index contributed by atoms with van der Waals surface area (Å²) in [5.74, 6) is 0.0396. The van der Waals surface area contributed by atoms with Gasteiger partial charge in [-0.1, -0.05) is 25.0 Å². The number of esters is 1. The topological polar surface area (TPSA) is 113 Å². The number of fused-ring (bicyclic) bond motifs is 3. The van der Waals surface area contributed by atoms with Crippen molar-refractivity contribution in [3.05, 3.63) is 68.1 Å². The minimum Gasteiger partial charge on any atom is -0.453 e. The van der Waals surface area contributed by atoms with Gasteiger partial charge in [0.15, 0.2) is 18.1 Å². The third-order valence-corrected chi connectivity index (χ3v) is 5.07. The van der Waals surface area contributed by atoms with Gasteiger partial charge >= 0.3 is 5.97 Å². The van der Waals surface area contributed by atoms with Crippen molar-refractivity contribution >= 4 is 22.6 Å². The number of ether oxygens (including phenoxy) is 1. The molecule has 0 unspecified atom stereocenters. The Bertz CT molecular complexity index is 1420. The smallest absolute Gasteiger partial charge is 0.359 e. The second kappa shape index (κ2) is 8.13. The Labute approximate surface area is 176 Å². The van der Waals surface area contributed by atoms with Crippen molar-refractivity contribution in [2.75, 3.05) is 0 Å². The lowest BCUT2D eigenvalue weighted by molar-refractivity contribution is 0.0451. The number of hydrogen-bond donors (Lipinski definition) is 0. The lowest BCUT2D eigenvalue weighted by Gasteiger charge is -2.09. The van der Waals surface area contributed by atoms with E-state index < -0.39 is 5.97 Å². The average Bonchev–Trinajstić information content (AvgIpc) is 3.19. The number of aromatic nitrogens is 6. The molecule has 160 valence electrons. The Kier molecular flexibility index (Phi) is 5.37. The van der Waals surface area contributed by atoms with Crippen LogP contribution in [0.1, 0.15) is 41.6 Å². The van der Waals surface area contributed by atoms with E-state index in [0.29, 0.717) is 29.0 Å². The minimum absolute atomic E-state index is 0.0393. The van der Waals surface area contributed by atoms with Crippen LogP contribution in [0.15, 0.2) is 39.9 Å². The van der Waals surface area contributed by atoms with Crippen LogP contribution >= 0.6 is 0 Å². The van der Waals surface area contributed by atoms with Gasteiger partial charge in [-0.05, 0) is 31.5 Å². The van der Waals surface area contributed by atoms with E-state index in [1.807, 2.05) is 26.0 Å². The van der Waals surface area contributed by atoms with E-state index in [1.54, 1.807) is 17.5 Å². The maximum atomic E-state index is 12.6. The van der Waals surface area contributed by atoms with Crippen LogP contribution < -0.4 is 11.1 Å². The predicted molar refractivity (Wildman–Crippen MR) is 113 cm³/mol. The summed E-state index contributed by atoms with van der Waals surface area (Å²) in [6, 6.07) is 8.16. The van der Waals surface area contributed by atoms with E-state index in [9.17, 15) is 14.4 Å². The molecule has 0 N–H and O–H groups in total. The summed E-state index contributed by atoms with van der Waals surface area (Å²) in [5, 5.41) is 12.8. The molecular formula is C21H22N6O4. The normalized spacial score (nSPS) is 11.3. The number of rotatable bonds is 6. The molecule has 0 atom stereocenters. The molecule has 10 heteroatoms. The summed E-state index contributed by atoms with van der Waals surface area (Å²) in [6.45, 7) is 4.18. The Morgan fingerprint density at radius 1 is 1.13 bits per heavy atom. The molecule has 0 aliphatic carbocycles. The maximum absolute atomic E-state index is 12.6. The summed E-state index contributed by atoms with van der Waals surface area (Å²) in [5.41, 5.74) is 1.18. The van der Waals surface area contributed by atoms with Gasteiger partial charge in [0.05, 0.1) is 10.9 Å². The van der Waals surface area contributed by atoms with Crippen LogP contribution in [0.3, 0.4) is 0 Å². The fourth-order valence-corrected chi connectivity index (χ4v) is 3.38. The highest BCUT2D eigenvalue weighted by Crippen LogP contribution is 2.16. The van der Waals surface area contributed by atoms with E-state index in [4.69, 9.17) is 4.74 Å². The van der Waals surface area contributed by atoms with Crippen LogP contribution in [0.25, 0.3) is 16.7 Å². The Hall–Kier alpha value is -3.82. The van der Waals surface area contributed by atoms with Gasteiger partial charge in [0.1, 0.15) is 0 Å². The SMILES string of the molecule is CCCCn1nc(C(=O)OCc2nnc3n(C)c(=O)c4cc(C)ccc4n23)ccc1=O. The fourth-order valence-electron chi connectivity index (χ4n) is 3.38. The van der Waals surface area contributed by atoms with Gasteiger partial charge in [-0.2, -0.15) is 5.10 Å². The average molecular weight is 422 g/mol. The molecule has 31 heavy (non-hydrogen) atoms. The first kappa shape index (κ1) is 20.5. The number of carbonyl (C=O) groups is 1. The van der Waals surface area contributed by atoms with Gasteiger partial charge < -0.3 is 4.74 Å². The molecule has 0 amide bonds. The number of benzene rings is 1. The molecule has 1 aromatic carbocycles. The molecule has 4 aromatic rings. The molecule has 3 heterocycles. The zero-order valence-electron chi connectivity index (χ0n) is 17.5. The van der Waals surface area contributed by atoms with Crippen molar-refractivity contribution in [3.63, 3.8) is 0 Å². The lowest BCUT2D eigenvalue weighted by Crippen LogP contribution is -2.25. The molecular weight excluding hydrogens is 400 g/mol. The highest BCUT2D eigenvalue weighted by molar-refractivity contribution is 5.87. The molecule has 0 saturated carbocycles. The third kappa shape index (κ3) is 3.72. The standard InChI is InChI=1S/C21H22N6O4/c1-4-5-10-26-18(28)9-7-15(24-26)20(30)31-12-17-22-23-21-25(3)19(29)14-11-13(2)6-8-16(14)27(17)21/h6-9,11H,4-5,10,12H2,1-3H3. The zero-order valence-corrected chi connectivity index (χ0v) is 17.5. The van der Waals surface area contributed by atoms with Gasteiger partial charge in [-0.25, -0.2) is 9.48 Å². The number of aryl methyl sites for hydroxylation is 3. The van der Waals surface area contributed by atoms with Crippen molar-refractivity contribution in [2.45, 2.75) is 39.8 Å². The first-order chi connectivity index (χ1) is 14.9. The summed E-state index contributed by atoms with van der Waals surface area (Å²) in [6.07, 6.45) is 1.68. The van der Waals surface area contributed by atoms with Gasteiger partial charge in [0, 0.05) is 19.7 Å². The van der Waals surface area contributed by atoms with Gasteiger partial charge in [0.25, 0.3) is 11.1 Å². The Morgan fingerprint density at radius 2 is 1.94 bits per heavy atom.